The van der Waals surface area contributed by atoms with Gasteiger partial charge in [-0.1, -0.05) is 19.8 Å². The van der Waals surface area contributed by atoms with Gasteiger partial charge in [0.05, 0.1) is 12.4 Å². The maximum absolute atomic E-state index is 12.1. The van der Waals surface area contributed by atoms with E-state index in [1.165, 1.54) is 12.8 Å². The van der Waals surface area contributed by atoms with Crippen LogP contribution in [0.2, 0.25) is 0 Å². The SMILES string of the molecule is CC1CCCC(C(=O)c2ccnnc2)C1. The van der Waals surface area contributed by atoms with Crippen molar-refractivity contribution < 1.29 is 4.79 Å². The number of carbonyl (C=O) groups excluding carboxylic acids is 1. The highest BCUT2D eigenvalue weighted by Crippen LogP contribution is 2.30. The van der Waals surface area contributed by atoms with Crippen LogP contribution in [0.3, 0.4) is 0 Å². The molecule has 1 fully saturated rings. The molecule has 80 valence electrons. The maximum atomic E-state index is 12.1. The Morgan fingerprint density at radius 2 is 2.27 bits per heavy atom. The molecular weight excluding hydrogens is 188 g/mol. The van der Waals surface area contributed by atoms with Gasteiger partial charge in [-0.15, -0.1) is 0 Å². The van der Waals surface area contributed by atoms with Gasteiger partial charge in [-0.3, -0.25) is 4.79 Å². The van der Waals surface area contributed by atoms with Gasteiger partial charge in [0.1, 0.15) is 0 Å². The number of hydrogen-bond donors (Lipinski definition) is 0. The van der Waals surface area contributed by atoms with Crippen molar-refractivity contribution in [2.45, 2.75) is 32.6 Å². The van der Waals surface area contributed by atoms with Gasteiger partial charge >= 0.3 is 0 Å². The van der Waals surface area contributed by atoms with E-state index in [9.17, 15) is 4.79 Å². The van der Waals surface area contributed by atoms with Crippen LogP contribution in [0.1, 0.15) is 43.0 Å². The molecule has 3 nitrogen and oxygen atoms in total. The number of rotatable bonds is 2. The molecule has 0 aromatic carbocycles. The number of Topliss-reactive ketones (excluding diaryl/α,β-unsaturated/α-hetero) is 1. The van der Waals surface area contributed by atoms with E-state index in [0.29, 0.717) is 11.5 Å². The Bertz CT molecular complexity index is 337. The fourth-order valence-electron chi connectivity index (χ4n) is 2.34. The van der Waals surface area contributed by atoms with Crippen LogP contribution < -0.4 is 0 Å². The standard InChI is InChI=1S/C12H16N2O/c1-9-3-2-4-10(7-9)12(15)11-5-6-13-14-8-11/h5-6,8-10H,2-4,7H2,1H3. The summed E-state index contributed by atoms with van der Waals surface area (Å²) in [6.45, 7) is 2.23. The Morgan fingerprint density at radius 3 is 2.93 bits per heavy atom. The number of ketones is 1. The lowest BCUT2D eigenvalue weighted by Crippen LogP contribution is -2.22. The fraction of sp³-hybridized carbons (Fsp3) is 0.583. The predicted molar refractivity (Wildman–Crippen MR) is 57.5 cm³/mol. The van der Waals surface area contributed by atoms with Crippen LogP contribution in [-0.4, -0.2) is 16.0 Å². The third-order valence-corrected chi connectivity index (χ3v) is 3.18. The van der Waals surface area contributed by atoms with Crippen molar-refractivity contribution in [3.05, 3.63) is 24.0 Å². The van der Waals surface area contributed by atoms with Crippen LogP contribution in [0, 0.1) is 11.8 Å². The van der Waals surface area contributed by atoms with Gasteiger partial charge in [-0.25, -0.2) is 0 Å². The molecule has 2 rings (SSSR count). The zero-order chi connectivity index (χ0) is 10.7. The van der Waals surface area contributed by atoms with Crippen LogP contribution in [0.5, 0.6) is 0 Å². The summed E-state index contributed by atoms with van der Waals surface area (Å²) < 4.78 is 0. The van der Waals surface area contributed by atoms with E-state index in [2.05, 4.69) is 17.1 Å². The Morgan fingerprint density at radius 1 is 1.40 bits per heavy atom. The summed E-state index contributed by atoms with van der Waals surface area (Å²) in [5.41, 5.74) is 0.712. The predicted octanol–water partition coefficient (Wildman–Crippen LogP) is 2.49. The van der Waals surface area contributed by atoms with Gasteiger partial charge in [-0.2, -0.15) is 10.2 Å². The van der Waals surface area contributed by atoms with Gasteiger partial charge in [0.2, 0.25) is 0 Å². The van der Waals surface area contributed by atoms with Gasteiger partial charge in [0.15, 0.2) is 5.78 Å². The summed E-state index contributed by atoms with van der Waals surface area (Å²) in [4.78, 5) is 12.1. The number of hydrogen-bond acceptors (Lipinski definition) is 3. The van der Waals surface area contributed by atoms with E-state index >= 15 is 0 Å². The number of aromatic nitrogens is 2. The molecule has 15 heavy (non-hydrogen) atoms. The molecule has 1 aromatic rings. The van der Waals surface area contributed by atoms with Crippen molar-refractivity contribution in [3.63, 3.8) is 0 Å². The fourth-order valence-corrected chi connectivity index (χ4v) is 2.34. The minimum absolute atomic E-state index is 0.206. The molecule has 3 heteroatoms. The van der Waals surface area contributed by atoms with E-state index in [1.54, 1.807) is 18.5 Å². The van der Waals surface area contributed by atoms with Crippen molar-refractivity contribution >= 4 is 5.78 Å². The third-order valence-electron chi connectivity index (χ3n) is 3.18. The molecule has 0 saturated heterocycles. The summed E-state index contributed by atoms with van der Waals surface area (Å²) in [6, 6.07) is 1.76. The van der Waals surface area contributed by atoms with Crippen LogP contribution in [-0.2, 0) is 0 Å². The smallest absolute Gasteiger partial charge is 0.167 e. The molecule has 0 aliphatic heterocycles. The minimum atomic E-state index is 0.206. The lowest BCUT2D eigenvalue weighted by atomic mass is 9.79. The Labute approximate surface area is 89.9 Å². The first-order valence-electron chi connectivity index (χ1n) is 5.58. The largest absolute Gasteiger partial charge is 0.294 e. The first kappa shape index (κ1) is 10.3. The lowest BCUT2D eigenvalue weighted by molar-refractivity contribution is 0.0868. The Balaban J connectivity index is 2.08. The molecular formula is C12H16N2O. The molecule has 0 radical (unpaired) electrons. The lowest BCUT2D eigenvalue weighted by Gasteiger charge is -2.25. The monoisotopic (exact) mass is 204 g/mol. The zero-order valence-electron chi connectivity index (χ0n) is 9.02. The van der Waals surface area contributed by atoms with Gasteiger partial charge in [0, 0.05) is 11.5 Å². The maximum Gasteiger partial charge on any atom is 0.167 e. The molecule has 0 bridgehead atoms. The molecule has 1 aliphatic carbocycles. The van der Waals surface area contributed by atoms with Gasteiger partial charge < -0.3 is 0 Å². The molecule has 0 amide bonds. The van der Waals surface area contributed by atoms with E-state index in [-0.39, 0.29) is 11.7 Å². The van der Waals surface area contributed by atoms with Crippen molar-refractivity contribution in [2.24, 2.45) is 11.8 Å². The van der Waals surface area contributed by atoms with Crippen molar-refractivity contribution in [3.8, 4) is 0 Å². The molecule has 1 aromatic heterocycles. The molecule has 0 N–H and O–H groups in total. The second-order valence-corrected chi connectivity index (χ2v) is 4.46. The highest BCUT2D eigenvalue weighted by atomic mass is 16.1. The normalized spacial score (nSPS) is 26.2. The Kier molecular flexibility index (Phi) is 3.09. The van der Waals surface area contributed by atoms with E-state index in [0.717, 1.165) is 12.8 Å². The van der Waals surface area contributed by atoms with E-state index in [4.69, 9.17) is 0 Å². The number of carbonyl (C=O) groups is 1. The first-order chi connectivity index (χ1) is 7.27. The van der Waals surface area contributed by atoms with Crippen LogP contribution >= 0.6 is 0 Å². The summed E-state index contributed by atoms with van der Waals surface area (Å²) in [7, 11) is 0. The quantitative estimate of drug-likeness (QED) is 0.695. The van der Waals surface area contributed by atoms with Crippen molar-refractivity contribution in [2.75, 3.05) is 0 Å². The van der Waals surface area contributed by atoms with Crippen LogP contribution in [0.15, 0.2) is 18.5 Å². The highest BCUT2D eigenvalue weighted by Gasteiger charge is 2.25. The summed E-state index contributed by atoms with van der Waals surface area (Å²) in [6.07, 6.45) is 7.65. The molecule has 0 spiro atoms. The van der Waals surface area contributed by atoms with Gasteiger partial charge in [0.25, 0.3) is 0 Å². The summed E-state index contributed by atoms with van der Waals surface area (Å²) in [5, 5.41) is 7.43. The molecule has 2 atom stereocenters. The average molecular weight is 204 g/mol. The van der Waals surface area contributed by atoms with Crippen LogP contribution in [0.4, 0.5) is 0 Å². The highest BCUT2D eigenvalue weighted by molar-refractivity contribution is 5.97. The molecule has 1 saturated carbocycles. The van der Waals surface area contributed by atoms with Crippen molar-refractivity contribution in [1.82, 2.24) is 10.2 Å². The molecule has 1 aliphatic rings. The van der Waals surface area contributed by atoms with Gasteiger partial charge in [-0.05, 0) is 24.8 Å². The second-order valence-electron chi connectivity index (χ2n) is 4.46. The molecule has 2 unspecified atom stereocenters. The second kappa shape index (κ2) is 4.51. The molecule has 1 heterocycles. The van der Waals surface area contributed by atoms with Crippen LogP contribution in [0.25, 0.3) is 0 Å². The summed E-state index contributed by atoms with van der Waals surface area (Å²) in [5.74, 6) is 1.14. The van der Waals surface area contributed by atoms with E-state index < -0.39 is 0 Å². The average Bonchev–Trinajstić information content (AvgIpc) is 2.29. The van der Waals surface area contributed by atoms with E-state index in [1.807, 2.05) is 0 Å². The zero-order valence-corrected chi connectivity index (χ0v) is 9.02. The number of nitrogens with zero attached hydrogens (tertiary/aromatic N) is 2. The first-order valence-corrected chi connectivity index (χ1v) is 5.58. The summed E-state index contributed by atoms with van der Waals surface area (Å²) >= 11 is 0. The third kappa shape index (κ3) is 2.41. The topological polar surface area (TPSA) is 42.9 Å². The Hall–Kier alpha value is -1.25. The minimum Gasteiger partial charge on any atom is -0.294 e. The van der Waals surface area contributed by atoms with Crippen molar-refractivity contribution in [1.29, 1.82) is 0 Å².